The maximum absolute atomic E-state index is 12.6. The van der Waals surface area contributed by atoms with Crippen molar-refractivity contribution in [3.63, 3.8) is 0 Å². The number of benzene rings is 2. The van der Waals surface area contributed by atoms with Crippen LogP contribution in [-0.4, -0.2) is 34.3 Å². The Balaban J connectivity index is 2.27. The van der Waals surface area contributed by atoms with Crippen LogP contribution < -0.4 is 19.5 Å². The Hall–Kier alpha value is -2.95. The summed E-state index contributed by atoms with van der Waals surface area (Å²) >= 11 is 0. The second-order valence-corrected chi connectivity index (χ2v) is 7.08. The number of carbonyl (C=O) groups excluding carboxylic acids is 1. The summed E-state index contributed by atoms with van der Waals surface area (Å²) in [5, 5.41) is 2.55. The highest BCUT2D eigenvalue weighted by Gasteiger charge is 2.31. The fourth-order valence-corrected chi connectivity index (χ4v) is 3.31. The summed E-state index contributed by atoms with van der Waals surface area (Å²) in [6, 6.07) is 7.90. The number of ether oxygens (including phenoxy) is 2. The van der Waals surface area contributed by atoms with Crippen LogP contribution in [0.5, 0.6) is 11.5 Å². The Morgan fingerprint density at radius 2 is 1.75 bits per heavy atom. The van der Waals surface area contributed by atoms with E-state index in [1.54, 1.807) is 6.92 Å². The molecule has 2 rings (SSSR count). The highest BCUT2D eigenvalue weighted by atomic mass is 32.2. The van der Waals surface area contributed by atoms with Gasteiger partial charge >= 0.3 is 6.36 Å². The lowest BCUT2D eigenvalue weighted by Gasteiger charge is -2.13. The van der Waals surface area contributed by atoms with Crippen LogP contribution in [-0.2, 0) is 10.0 Å². The van der Waals surface area contributed by atoms with Crippen LogP contribution in [0, 0.1) is 0 Å². The number of nitrogens with one attached hydrogen (secondary N) is 2. The van der Waals surface area contributed by atoms with E-state index in [1.807, 2.05) is 0 Å². The molecule has 2 aromatic carbocycles. The van der Waals surface area contributed by atoms with Crippen molar-refractivity contribution in [1.82, 2.24) is 5.32 Å². The van der Waals surface area contributed by atoms with E-state index < -0.39 is 28.0 Å². The van der Waals surface area contributed by atoms with Gasteiger partial charge in [-0.1, -0.05) is 0 Å². The number of methoxy groups -OCH3 is 1. The van der Waals surface area contributed by atoms with E-state index in [-0.39, 0.29) is 21.9 Å². The number of anilines is 1. The molecule has 0 aromatic heterocycles. The second-order valence-electron chi connectivity index (χ2n) is 5.40. The SMILES string of the molecule is CCNC(=O)c1cc(S(=O)(=O)Nc2ccc(OC(F)(F)F)cc2)ccc1OC. The molecule has 0 fully saturated rings. The normalized spacial score (nSPS) is 11.6. The Morgan fingerprint density at radius 3 is 2.29 bits per heavy atom. The molecule has 0 saturated heterocycles. The molecule has 11 heteroatoms. The molecule has 2 N–H and O–H groups in total. The number of carbonyl (C=O) groups is 1. The zero-order valence-corrected chi connectivity index (χ0v) is 15.6. The third kappa shape index (κ3) is 5.52. The zero-order chi connectivity index (χ0) is 20.9. The first-order valence-electron chi connectivity index (χ1n) is 7.90. The largest absolute Gasteiger partial charge is 0.573 e. The van der Waals surface area contributed by atoms with Crippen molar-refractivity contribution in [2.45, 2.75) is 18.2 Å². The summed E-state index contributed by atoms with van der Waals surface area (Å²) in [6.45, 7) is 2.04. The van der Waals surface area contributed by atoms with E-state index in [9.17, 15) is 26.4 Å². The smallest absolute Gasteiger partial charge is 0.496 e. The van der Waals surface area contributed by atoms with Crippen LogP contribution in [0.3, 0.4) is 0 Å². The van der Waals surface area contributed by atoms with E-state index in [4.69, 9.17) is 4.74 Å². The number of hydrogen-bond acceptors (Lipinski definition) is 5. The molecule has 0 aliphatic carbocycles. The van der Waals surface area contributed by atoms with Crippen molar-refractivity contribution in [2.75, 3.05) is 18.4 Å². The fourth-order valence-electron chi connectivity index (χ4n) is 2.23. The molecule has 0 spiro atoms. The quantitative estimate of drug-likeness (QED) is 0.721. The van der Waals surface area contributed by atoms with Crippen molar-refractivity contribution >= 4 is 21.6 Å². The lowest BCUT2D eigenvalue weighted by molar-refractivity contribution is -0.274. The highest BCUT2D eigenvalue weighted by Crippen LogP contribution is 2.26. The van der Waals surface area contributed by atoms with Crippen molar-refractivity contribution < 1.29 is 35.9 Å². The van der Waals surface area contributed by atoms with E-state index in [1.165, 1.54) is 19.2 Å². The lowest BCUT2D eigenvalue weighted by atomic mass is 10.2. The standard InChI is InChI=1S/C17H17F3N2O5S/c1-3-21-16(23)14-10-13(8-9-15(14)26-2)28(24,25)22-11-4-6-12(7-5-11)27-17(18,19)20/h4-10,22H,3H2,1-2H3,(H,21,23). The maximum atomic E-state index is 12.6. The van der Waals surface area contributed by atoms with Gasteiger partial charge in [0.1, 0.15) is 11.5 Å². The van der Waals surface area contributed by atoms with Gasteiger partial charge in [0.05, 0.1) is 17.6 Å². The summed E-state index contributed by atoms with van der Waals surface area (Å²) in [5.41, 5.74) is 0.0473. The van der Waals surface area contributed by atoms with Gasteiger partial charge in [-0.05, 0) is 49.4 Å². The van der Waals surface area contributed by atoms with E-state index >= 15 is 0 Å². The van der Waals surface area contributed by atoms with Crippen molar-refractivity contribution in [3.8, 4) is 11.5 Å². The molecular weight excluding hydrogens is 401 g/mol. The van der Waals surface area contributed by atoms with Crippen molar-refractivity contribution in [1.29, 1.82) is 0 Å². The summed E-state index contributed by atoms with van der Waals surface area (Å²) in [7, 11) is -2.76. The van der Waals surface area contributed by atoms with Crippen LogP contribution in [0.2, 0.25) is 0 Å². The molecule has 0 unspecified atom stereocenters. The molecular formula is C17H17F3N2O5S. The molecule has 0 aliphatic heterocycles. The van der Waals surface area contributed by atoms with Gasteiger partial charge in [0.15, 0.2) is 0 Å². The molecule has 7 nitrogen and oxygen atoms in total. The molecule has 2 aromatic rings. The first kappa shape index (κ1) is 21.4. The summed E-state index contributed by atoms with van der Waals surface area (Å²) < 4.78 is 72.7. The summed E-state index contributed by atoms with van der Waals surface area (Å²) in [5.74, 6) is -0.804. The van der Waals surface area contributed by atoms with Gasteiger partial charge in [-0.25, -0.2) is 8.42 Å². The van der Waals surface area contributed by atoms with Crippen LogP contribution in [0.4, 0.5) is 18.9 Å². The number of halogens is 3. The monoisotopic (exact) mass is 418 g/mol. The van der Waals surface area contributed by atoms with Gasteiger partial charge in [-0.3, -0.25) is 9.52 Å². The highest BCUT2D eigenvalue weighted by molar-refractivity contribution is 7.92. The Kier molecular flexibility index (Phi) is 6.39. The zero-order valence-electron chi connectivity index (χ0n) is 14.8. The number of hydrogen-bond donors (Lipinski definition) is 2. The predicted octanol–water partition coefficient (Wildman–Crippen LogP) is 3.14. The number of rotatable bonds is 7. The average Bonchev–Trinajstić information content (AvgIpc) is 2.61. The van der Waals surface area contributed by atoms with Gasteiger partial charge in [-0.2, -0.15) is 0 Å². The summed E-state index contributed by atoms with van der Waals surface area (Å²) in [6.07, 6.45) is -4.85. The van der Waals surface area contributed by atoms with Gasteiger partial charge in [-0.15, -0.1) is 13.2 Å². The Morgan fingerprint density at radius 1 is 1.11 bits per heavy atom. The van der Waals surface area contributed by atoms with E-state index in [0.717, 1.165) is 30.3 Å². The predicted molar refractivity (Wildman–Crippen MR) is 94.9 cm³/mol. The molecule has 152 valence electrons. The maximum Gasteiger partial charge on any atom is 0.573 e. The average molecular weight is 418 g/mol. The van der Waals surface area contributed by atoms with Gasteiger partial charge in [0, 0.05) is 12.2 Å². The third-order valence-electron chi connectivity index (χ3n) is 3.40. The fraction of sp³-hybridized carbons (Fsp3) is 0.235. The van der Waals surface area contributed by atoms with E-state index in [2.05, 4.69) is 14.8 Å². The molecule has 0 atom stereocenters. The van der Waals surface area contributed by atoms with Gasteiger partial charge in [0.2, 0.25) is 0 Å². The topological polar surface area (TPSA) is 93.7 Å². The number of sulfonamides is 1. The molecule has 0 radical (unpaired) electrons. The Bertz CT molecular complexity index is 944. The second kappa shape index (κ2) is 8.38. The summed E-state index contributed by atoms with van der Waals surface area (Å²) in [4.78, 5) is 11.9. The first-order chi connectivity index (χ1) is 13.1. The molecule has 0 bridgehead atoms. The minimum absolute atomic E-state index is 0.0184. The lowest BCUT2D eigenvalue weighted by Crippen LogP contribution is -2.24. The number of amides is 1. The van der Waals surface area contributed by atoms with Crippen LogP contribution in [0.1, 0.15) is 17.3 Å². The van der Waals surface area contributed by atoms with E-state index in [0.29, 0.717) is 6.54 Å². The molecule has 28 heavy (non-hydrogen) atoms. The van der Waals surface area contributed by atoms with Crippen molar-refractivity contribution in [3.05, 3.63) is 48.0 Å². The van der Waals surface area contributed by atoms with Gasteiger partial charge < -0.3 is 14.8 Å². The van der Waals surface area contributed by atoms with Crippen LogP contribution in [0.25, 0.3) is 0 Å². The molecule has 0 saturated carbocycles. The first-order valence-corrected chi connectivity index (χ1v) is 9.39. The number of alkyl halides is 3. The Labute approximate surface area is 159 Å². The molecule has 0 aliphatic rings. The minimum atomic E-state index is -4.85. The van der Waals surface area contributed by atoms with Crippen molar-refractivity contribution in [2.24, 2.45) is 0 Å². The molecule has 0 heterocycles. The minimum Gasteiger partial charge on any atom is -0.496 e. The van der Waals surface area contributed by atoms with Crippen LogP contribution >= 0.6 is 0 Å². The van der Waals surface area contributed by atoms with Gasteiger partial charge in [0.25, 0.3) is 15.9 Å². The van der Waals surface area contributed by atoms with Crippen LogP contribution in [0.15, 0.2) is 47.4 Å². The third-order valence-corrected chi connectivity index (χ3v) is 4.78. The molecule has 1 amide bonds.